The summed E-state index contributed by atoms with van der Waals surface area (Å²) in [6, 6.07) is 6.50. The Kier molecular flexibility index (Phi) is 3.85. The molecule has 0 bridgehead atoms. The van der Waals surface area contributed by atoms with Gasteiger partial charge in [0.2, 0.25) is 5.83 Å². The largest absolute Gasteiger partial charge is 0.494 e. The van der Waals surface area contributed by atoms with E-state index in [-0.39, 0.29) is 0 Å². The Morgan fingerprint density at radius 3 is 2.53 bits per heavy atom. The quantitative estimate of drug-likeness (QED) is 0.776. The Balaban J connectivity index is 2.80. The van der Waals surface area contributed by atoms with Crippen molar-refractivity contribution in [3.05, 3.63) is 35.7 Å². The molecule has 1 N–H and O–H groups in total. The van der Waals surface area contributed by atoms with Gasteiger partial charge in [0, 0.05) is 0 Å². The second-order valence-corrected chi connectivity index (χ2v) is 2.80. The highest BCUT2D eigenvalue weighted by atomic mass is 19.1. The van der Waals surface area contributed by atoms with E-state index in [1.54, 1.807) is 24.3 Å². The van der Waals surface area contributed by atoms with Gasteiger partial charge >= 0.3 is 5.97 Å². The molecule has 3 nitrogen and oxygen atoms in total. The molecule has 0 aliphatic rings. The molecule has 0 spiro atoms. The Morgan fingerprint density at radius 1 is 1.47 bits per heavy atom. The standard InChI is InChI=1S/C11H11FO3/c1-2-15-9-5-3-8(4-6-9)7-10(12)11(13)14/h3-7H,2H2,1H3,(H,13,14)/b10-7-. The molecule has 0 saturated carbocycles. The summed E-state index contributed by atoms with van der Waals surface area (Å²) in [5.41, 5.74) is 0.485. The predicted octanol–water partition coefficient (Wildman–Crippen LogP) is 2.48. The van der Waals surface area contributed by atoms with Gasteiger partial charge in [-0.3, -0.25) is 0 Å². The molecular formula is C11H11FO3. The van der Waals surface area contributed by atoms with E-state index in [1.165, 1.54) is 0 Å². The van der Waals surface area contributed by atoms with Crippen LogP contribution in [-0.2, 0) is 4.79 Å². The zero-order valence-electron chi connectivity index (χ0n) is 8.24. The maximum Gasteiger partial charge on any atom is 0.364 e. The van der Waals surface area contributed by atoms with Gasteiger partial charge in [0.25, 0.3) is 0 Å². The lowest BCUT2D eigenvalue weighted by Gasteiger charge is -2.02. The van der Waals surface area contributed by atoms with Crippen molar-refractivity contribution in [3.8, 4) is 5.75 Å². The van der Waals surface area contributed by atoms with E-state index in [1.807, 2.05) is 6.92 Å². The number of hydrogen-bond acceptors (Lipinski definition) is 2. The Labute approximate surface area is 86.8 Å². The second-order valence-electron chi connectivity index (χ2n) is 2.80. The van der Waals surface area contributed by atoms with Crippen molar-refractivity contribution in [2.24, 2.45) is 0 Å². The number of ether oxygens (including phenoxy) is 1. The number of hydrogen-bond donors (Lipinski definition) is 1. The van der Waals surface area contributed by atoms with Crippen LogP contribution in [0.15, 0.2) is 30.1 Å². The van der Waals surface area contributed by atoms with Crippen molar-refractivity contribution in [1.29, 1.82) is 0 Å². The minimum atomic E-state index is -1.57. The predicted molar refractivity (Wildman–Crippen MR) is 54.3 cm³/mol. The third-order valence-corrected chi connectivity index (χ3v) is 1.69. The van der Waals surface area contributed by atoms with Gasteiger partial charge in [-0.15, -0.1) is 0 Å². The monoisotopic (exact) mass is 210 g/mol. The van der Waals surface area contributed by atoms with E-state index in [4.69, 9.17) is 9.84 Å². The van der Waals surface area contributed by atoms with Gasteiger partial charge in [-0.2, -0.15) is 4.39 Å². The van der Waals surface area contributed by atoms with Crippen molar-refractivity contribution in [3.63, 3.8) is 0 Å². The average Bonchev–Trinajstić information content (AvgIpc) is 2.21. The molecule has 0 fully saturated rings. The normalized spacial score (nSPS) is 11.2. The van der Waals surface area contributed by atoms with E-state index in [0.29, 0.717) is 17.9 Å². The molecule has 0 unspecified atom stereocenters. The van der Waals surface area contributed by atoms with Crippen LogP contribution in [0.4, 0.5) is 4.39 Å². The smallest absolute Gasteiger partial charge is 0.364 e. The van der Waals surface area contributed by atoms with Crippen LogP contribution in [0, 0.1) is 0 Å². The van der Waals surface area contributed by atoms with E-state index in [0.717, 1.165) is 6.08 Å². The Hall–Kier alpha value is -1.84. The zero-order chi connectivity index (χ0) is 11.3. The molecule has 0 amide bonds. The molecular weight excluding hydrogens is 199 g/mol. The molecule has 0 radical (unpaired) electrons. The summed E-state index contributed by atoms with van der Waals surface area (Å²) in [5.74, 6) is -2.08. The number of carboxylic acid groups (broad SMARTS) is 1. The van der Waals surface area contributed by atoms with Crippen LogP contribution in [0.3, 0.4) is 0 Å². The van der Waals surface area contributed by atoms with Gasteiger partial charge in [-0.25, -0.2) is 4.79 Å². The van der Waals surface area contributed by atoms with Crippen molar-refractivity contribution < 1.29 is 19.0 Å². The molecule has 0 aliphatic heterocycles. The van der Waals surface area contributed by atoms with Gasteiger partial charge in [-0.1, -0.05) is 12.1 Å². The highest BCUT2D eigenvalue weighted by molar-refractivity contribution is 5.89. The third kappa shape index (κ3) is 3.42. The lowest BCUT2D eigenvalue weighted by Crippen LogP contribution is -1.94. The first kappa shape index (κ1) is 11.2. The molecule has 0 saturated heterocycles. The first-order valence-electron chi connectivity index (χ1n) is 4.47. The number of carbonyl (C=O) groups is 1. The van der Waals surface area contributed by atoms with Gasteiger partial charge in [-0.05, 0) is 30.7 Å². The first-order valence-corrected chi connectivity index (χ1v) is 4.47. The fourth-order valence-corrected chi connectivity index (χ4v) is 1.04. The first-order chi connectivity index (χ1) is 7.13. The average molecular weight is 210 g/mol. The number of aliphatic carboxylic acids is 1. The van der Waals surface area contributed by atoms with Crippen LogP contribution in [0.1, 0.15) is 12.5 Å². The highest BCUT2D eigenvalue weighted by Gasteiger charge is 2.04. The maximum atomic E-state index is 12.7. The van der Waals surface area contributed by atoms with Gasteiger partial charge in [0.1, 0.15) is 5.75 Å². The molecule has 0 heterocycles. The summed E-state index contributed by atoms with van der Waals surface area (Å²) in [6.07, 6.45) is 0.956. The number of rotatable bonds is 4. The van der Waals surface area contributed by atoms with Crippen molar-refractivity contribution in [2.45, 2.75) is 6.92 Å². The van der Waals surface area contributed by atoms with Crippen LogP contribution in [0.5, 0.6) is 5.75 Å². The number of carboxylic acids is 1. The molecule has 4 heteroatoms. The van der Waals surface area contributed by atoms with Crippen LogP contribution >= 0.6 is 0 Å². The summed E-state index contributed by atoms with van der Waals surface area (Å²) in [4.78, 5) is 10.2. The summed E-state index contributed by atoms with van der Waals surface area (Å²) >= 11 is 0. The third-order valence-electron chi connectivity index (χ3n) is 1.69. The fraction of sp³-hybridized carbons (Fsp3) is 0.182. The van der Waals surface area contributed by atoms with Gasteiger partial charge in [0.05, 0.1) is 6.61 Å². The van der Waals surface area contributed by atoms with Crippen molar-refractivity contribution in [1.82, 2.24) is 0 Å². The van der Waals surface area contributed by atoms with Gasteiger partial charge < -0.3 is 9.84 Å². The Morgan fingerprint density at radius 2 is 2.07 bits per heavy atom. The van der Waals surface area contributed by atoms with E-state index >= 15 is 0 Å². The van der Waals surface area contributed by atoms with E-state index in [9.17, 15) is 9.18 Å². The molecule has 1 aromatic carbocycles. The van der Waals surface area contributed by atoms with Crippen LogP contribution in [0.2, 0.25) is 0 Å². The van der Waals surface area contributed by atoms with Gasteiger partial charge in [0.15, 0.2) is 0 Å². The van der Waals surface area contributed by atoms with E-state index in [2.05, 4.69) is 0 Å². The summed E-state index contributed by atoms with van der Waals surface area (Å²) in [5, 5.41) is 8.31. The second kappa shape index (κ2) is 5.14. The zero-order valence-corrected chi connectivity index (χ0v) is 8.24. The molecule has 0 atom stereocenters. The molecule has 15 heavy (non-hydrogen) atoms. The summed E-state index contributed by atoms with van der Waals surface area (Å²) in [6.45, 7) is 2.41. The minimum absolute atomic E-state index is 0.485. The molecule has 0 aliphatic carbocycles. The topological polar surface area (TPSA) is 46.5 Å². The van der Waals surface area contributed by atoms with Crippen LogP contribution < -0.4 is 4.74 Å². The lowest BCUT2D eigenvalue weighted by molar-refractivity contribution is -0.134. The minimum Gasteiger partial charge on any atom is -0.494 e. The maximum absolute atomic E-state index is 12.7. The van der Waals surface area contributed by atoms with E-state index < -0.39 is 11.8 Å². The number of halogens is 1. The Bertz CT molecular complexity index is 368. The molecule has 1 rings (SSSR count). The van der Waals surface area contributed by atoms with Crippen LogP contribution in [0.25, 0.3) is 6.08 Å². The number of benzene rings is 1. The summed E-state index contributed by atoms with van der Waals surface area (Å²) in [7, 11) is 0. The van der Waals surface area contributed by atoms with Crippen molar-refractivity contribution >= 4 is 12.0 Å². The summed E-state index contributed by atoms with van der Waals surface area (Å²) < 4.78 is 17.9. The molecule has 80 valence electrons. The van der Waals surface area contributed by atoms with Crippen LogP contribution in [-0.4, -0.2) is 17.7 Å². The molecule has 1 aromatic rings. The van der Waals surface area contributed by atoms with Crippen molar-refractivity contribution in [2.75, 3.05) is 6.61 Å². The fourth-order valence-electron chi connectivity index (χ4n) is 1.04. The molecule has 0 aromatic heterocycles. The lowest BCUT2D eigenvalue weighted by atomic mass is 10.2. The SMILES string of the molecule is CCOc1ccc(/C=C(\F)C(=O)O)cc1. The highest BCUT2D eigenvalue weighted by Crippen LogP contribution is 2.14.